The van der Waals surface area contributed by atoms with Crippen LogP contribution in [0.2, 0.25) is 0 Å². The number of morpholine rings is 1. The number of fused-ring (bicyclic) bond motifs is 1. The van der Waals surface area contributed by atoms with Crippen molar-refractivity contribution in [2.45, 2.75) is 173 Å². The number of Topliss-reactive ketones (excluding diaryl/α,β-unsaturated/α-hetero) is 2. The number of esters is 1. The lowest BCUT2D eigenvalue weighted by Gasteiger charge is -2.47. The summed E-state index contributed by atoms with van der Waals surface area (Å²) in [5.74, 6) is -6.68. The fourth-order valence-electron chi connectivity index (χ4n) is 13.2. The zero-order valence-electron chi connectivity index (χ0n) is 50.8. The van der Waals surface area contributed by atoms with Crippen LogP contribution in [0.4, 0.5) is 35.4 Å². The number of rotatable bonds is 18. The normalized spacial score (nSPS) is 32.3. The van der Waals surface area contributed by atoms with E-state index in [2.05, 4.69) is 20.6 Å². The Balaban J connectivity index is 0.865. The standard InChI is InChI=1S/C60H83F2N11O13/c1-11-48-60(8)51(72(57(79)86-60)21-13-12-20-70-34-45(65-67-70)39-15-14-16-40(63)28-39)37(4)49(74)35(2)30-58(6,80-10)53(38(5)52(76)59(7,62)55(77)84-48)85-54-50(75)47(27-36(3)82-54)68(9)22-19-41-31-71(66-64-41)32-43-33-73(56(78)83-43)42-17-18-46(44(61)29-42)69-23-25-81-26-24-69/h14-18,28-29,31,34-38,43,47-48,50-51,53-54,75H,11-13,19-27,30,32-33,63H2,1-10H3/t35-,36-,37+,38+,43+,47+,48-,50-,51-,53-,54+,58-,59+,60-/m1/s1. The molecule has 5 fully saturated rings. The molecule has 0 radical (unpaired) electrons. The van der Waals surface area contributed by atoms with Crippen molar-refractivity contribution >= 4 is 46.8 Å². The molecule has 24 nitrogen and oxygen atoms in total. The number of aromatic nitrogens is 6. The molecule has 0 bridgehead atoms. The minimum atomic E-state index is -3.27. The van der Waals surface area contributed by atoms with Gasteiger partial charge in [-0.25, -0.2) is 27.8 Å². The van der Waals surface area contributed by atoms with Gasteiger partial charge in [-0.05, 0) is 97.2 Å². The molecule has 7 heterocycles. The highest BCUT2D eigenvalue weighted by atomic mass is 19.1. The highest BCUT2D eigenvalue weighted by molar-refractivity contribution is 6.08. The number of hydrogen-bond acceptors (Lipinski definition) is 20. The molecule has 0 aliphatic carbocycles. The summed E-state index contributed by atoms with van der Waals surface area (Å²) in [6.45, 7) is 15.8. The molecular weight excluding hydrogens is 1120 g/mol. The number of benzene rings is 2. The maximum atomic E-state index is 17.4. The van der Waals surface area contributed by atoms with Crippen LogP contribution in [-0.2, 0) is 67.1 Å². The van der Waals surface area contributed by atoms with Gasteiger partial charge in [-0.15, -0.1) is 10.2 Å². The second kappa shape index (κ2) is 26.3. The highest BCUT2D eigenvalue weighted by Gasteiger charge is 2.62. The van der Waals surface area contributed by atoms with E-state index in [1.165, 1.54) is 29.9 Å². The summed E-state index contributed by atoms with van der Waals surface area (Å²) < 4.78 is 78.2. The van der Waals surface area contributed by atoms with Gasteiger partial charge in [0.05, 0.1) is 73.4 Å². The number of ketones is 2. The molecule has 0 unspecified atom stereocenters. The second-order valence-electron chi connectivity index (χ2n) is 24.3. The molecule has 2 amide bonds. The van der Waals surface area contributed by atoms with Crippen molar-refractivity contribution in [3.05, 3.63) is 66.4 Å². The SMILES string of the molecule is CC[C@H]1OC(=O)[C@@](C)(F)C(=O)[C@H](C)[C@@H](O[C@@H]2O[C@H](C)C[C@H](N(C)CCc3cn(C[C@H]4CN(c5ccc(N6CCOCC6)c(F)c5)C(=O)O4)nn3)[C@H]2O)[C@](C)(OC)C[C@@H](C)C(=O)[C@H](C)[C@H]2N(CCCCn3cc(-c4cccc(N)c4)nn3)C(=O)O[C@]12C. The van der Waals surface area contributed by atoms with E-state index in [9.17, 15) is 24.3 Å². The molecule has 9 rings (SSSR count). The van der Waals surface area contributed by atoms with Crippen LogP contribution < -0.4 is 15.5 Å². The van der Waals surface area contributed by atoms with E-state index in [0.717, 1.165) is 12.5 Å². The average molecular weight is 1200 g/mol. The van der Waals surface area contributed by atoms with Crippen LogP contribution in [0.1, 0.15) is 93.2 Å². The molecule has 470 valence electrons. The Hall–Kier alpha value is -6.71. The number of likely N-dealkylation sites (N-methyl/N-ethyl adjacent to an activating group) is 1. The van der Waals surface area contributed by atoms with Gasteiger partial charge in [0.2, 0.25) is 0 Å². The van der Waals surface area contributed by atoms with Gasteiger partial charge in [0, 0.05) is 87.5 Å². The highest BCUT2D eigenvalue weighted by Crippen LogP contribution is 2.44. The summed E-state index contributed by atoms with van der Waals surface area (Å²) in [6, 6.07) is 10.4. The van der Waals surface area contributed by atoms with E-state index < -0.39 is 113 Å². The number of aliphatic hydroxyl groups excluding tert-OH is 1. The Labute approximate surface area is 499 Å². The maximum absolute atomic E-state index is 17.4. The zero-order valence-corrected chi connectivity index (χ0v) is 50.8. The van der Waals surface area contributed by atoms with Crippen LogP contribution in [0.25, 0.3) is 11.3 Å². The molecule has 4 aromatic rings. The Morgan fingerprint density at radius 3 is 2.35 bits per heavy atom. The zero-order chi connectivity index (χ0) is 62.0. The van der Waals surface area contributed by atoms with Crippen LogP contribution in [0, 0.1) is 23.6 Å². The number of unbranched alkanes of at least 4 members (excludes halogenated alkanes) is 1. The van der Waals surface area contributed by atoms with Gasteiger partial charge >= 0.3 is 18.2 Å². The maximum Gasteiger partial charge on any atom is 0.414 e. The van der Waals surface area contributed by atoms with Crippen molar-refractivity contribution in [2.75, 3.05) is 75.6 Å². The molecule has 86 heavy (non-hydrogen) atoms. The second-order valence-corrected chi connectivity index (χ2v) is 24.3. The number of amides is 2. The van der Waals surface area contributed by atoms with Gasteiger partial charge < -0.3 is 58.7 Å². The number of nitrogen functional groups attached to an aromatic ring is 1. The predicted molar refractivity (Wildman–Crippen MR) is 309 cm³/mol. The number of anilines is 3. The number of carbonyl (C=O) groups is 5. The van der Waals surface area contributed by atoms with E-state index in [1.54, 1.807) is 80.6 Å². The first-order valence-electron chi connectivity index (χ1n) is 29.8. The number of aliphatic hydroxyl groups is 1. The lowest BCUT2D eigenvalue weighted by Crippen LogP contribution is -2.62. The fourth-order valence-corrected chi connectivity index (χ4v) is 13.2. The number of alkyl halides is 1. The summed E-state index contributed by atoms with van der Waals surface area (Å²) in [5.41, 5.74) is 2.97. The molecule has 2 aromatic heterocycles. The number of aryl methyl sites for hydroxylation is 1. The van der Waals surface area contributed by atoms with Gasteiger partial charge in [-0.1, -0.05) is 50.3 Å². The molecule has 5 aliphatic rings. The van der Waals surface area contributed by atoms with Crippen LogP contribution in [0.15, 0.2) is 54.9 Å². The molecule has 5 aliphatic heterocycles. The number of methoxy groups -OCH3 is 1. The first-order chi connectivity index (χ1) is 40.8. The fraction of sp³-hybridized carbons (Fsp3) is 0.650. The number of nitrogens with two attached hydrogens (primary N) is 1. The number of ether oxygens (including phenoxy) is 7. The van der Waals surface area contributed by atoms with E-state index in [1.807, 2.05) is 35.9 Å². The minimum absolute atomic E-state index is 0.0339. The molecule has 0 saturated carbocycles. The summed E-state index contributed by atoms with van der Waals surface area (Å²) in [7, 11) is 3.21. The number of carbonyl (C=O) groups excluding carboxylic acids is 5. The molecule has 26 heteroatoms. The molecular formula is C60H83F2N11O13. The van der Waals surface area contributed by atoms with Gasteiger partial charge in [0.1, 0.15) is 35.6 Å². The van der Waals surface area contributed by atoms with Crippen LogP contribution >= 0.6 is 0 Å². The molecule has 0 spiro atoms. The Kier molecular flexibility index (Phi) is 19.5. The van der Waals surface area contributed by atoms with Gasteiger partial charge in [-0.2, -0.15) is 0 Å². The van der Waals surface area contributed by atoms with E-state index in [4.69, 9.17) is 38.9 Å². The van der Waals surface area contributed by atoms with Gasteiger partial charge in [0.25, 0.3) is 5.67 Å². The smallest absolute Gasteiger partial charge is 0.414 e. The Morgan fingerprint density at radius 1 is 0.907 bits per heavy atom. The minimum Gasteiger partial charge on any atom is -0.455 e. The topological polar surface area (TPSA) is 271 Å². The first-order valence-corrected chi connectivity index (χ1v) is 29.8. The van der Waals surface area contributed by atoms with E-state index in [0.29, 0.717) is 93.5 Å². The third-order valence-electron chi connectivity index (χ3n) is 18.0. The lowest BCUT2D eigenvalue weighted by molar-refractivity contribution is -0.296. The lowest BCUT2D eigenvalue weighted by atomic mass is 9.73. The van der Waals surface area contributed by atoms with Crippen molar-refractivity contribution in [2.24, 2.45) is 17.8 Å². The van der Waals surface area contributed by atoms with E-state index >= 15 is 13.6 Å². The Morgan fingerprint density at radius 2 is 1.64 bits per heavy atom. The number of cyclic esters (lactones) is 2. The van der Waals surface area contributed by atoms with Gasteiger partial charge in [-0.3, -0.25) is 19.2 Å². The van der Waals surface area contributed by atoms with E-state index in [-0.39, 0.29) is 38.3 Å². The summed E-state index contributed by atoms with van der Waals surface area (Å²) in [4.78, 5) is 77.7. The Bertz CT molecular complexity index is 3070. The van der Waals surface area contributed by atoms with Crippen molar-refractivity contribution in [3.8, 4) is 11.3 Å². The van der Waals surface area contributed by atoms with Crippen LogP contribution in [0.5, 0.6) is 0 Å². The predicted octanol–water partition coefficient (Wildman–Crippen LogP) is 5.81. The van der Waals surface area contributed by atoms with Crippen LogP contribution in [-0.4, -0.2) is 200 Å². The van der Waals surface area contributed by atoms with Crippen molar-refractivity contribution in [1.82, 2.24) is 39.8 Å². The molecule has 5 saturated heterocycles. The summed E-state index contributed by atoms with van der Waals surface area (Å²) >= 11 is 0. The number of halogens is 2. The van der Waals surface area contributed by atoms with Crippen molar-refractivity contribution < 1.29 is 71.0 Å². The molecule has 2 aromatic carbocycles. The average Bonchev–Trinajstić information content (AvgIpc) is 2.18. The largest absolute Gasteiger partial charge is 0.455 e. The number of nitrogens with zero attached hydrogens (tertiary/aromatic N) is 10. The summed E-state index contributed by atoms with van der Waals surface area (Å²) in [5, 5.41) is 29.4. The monoisotopic (exact) mass is 1200 g/mol. The summed E-state index contributed by atoms with van der Waals surface area (Å²) in [6.07, 6.45) is -2.65. The van der Waals surface area contributed by atoms with Crippen LogP contribution in [0.3, 0.4) is 0 Å². The van der Waals surface area contributed by atoms with Crippen molar-refractivity contribution in [3.63, 3.8) is 0 Å². The first kappa shape index (κ1) is 63.8. The van der Waals surface area contributed by atoms with Gasteiger partial charge in [0.15, 0.2) is 17.7 Å². The third kappa shape index (κ3) is 13.4. The third-order valence-corrected chi connectivity index (χ3v) is 18.0. The van der Waals surface area contributed by atoms with Crippen molar-refractivity contribution in [1.29, 1.82) is 0 Å². The quantitative estimate of drug-likeness (QED) is 0.0391. The number of hydrogen-bond donors (Lipinski definition) is 2. The molecule has 3 N–H and O–H groups in total. The molecule has 14 atom stereocenters.